The van der Waals surface area contributed by atoms with Crippen LogP contribution >= 0.6 is 0 Å². The number of nitrogens with zero attached hydrogens (tertiary/aromatic N) is 2. The van der Waals surface area contributed by atoms with Crippen LogP contribution in [0.5, 0.6) is 5.75 Å². The van der Waals surface area contributed by atoms with Crippen LogP contribution in [0, 0.1) is 0 Å². The maximum atomic E-state index is 12.5. The van der Waals surface area contributed by atoms with Crippen molar-refractivity contribution in [3.8, 4) is 5.75 Å². The first-order chi connectivity index (χ1) is 14.0. The molecule has 0 aromatic heterocycles. The van der Waals surface area contributed by atoms with Crippen LogP contribution in [0.4, 0.5) is 9.59 Å². The molecular formula is C20H27N3O6. The van der Waals surface area contributed by atoms with Crippen LogP contribution in [0.15, 0.2) is 24.3 Å². The number of carbonyl (C=O) groups is 3. The molecule has 0 unspecified atom stereocenters. The third-order valence-electron chi connectivity index (χ3n) is 5.22. The number of hydrogen-bond acceptors (Lipinski definition) is 6. The van der Waals surface area contributed by atoms with Gasteiger partial charge in [0.15, 0.2) is 6.04 Å². The van der Waals surface area contributed by atoms with Crippen LogP contribution in [0.25, 0.3) is 0 Å². The van der Waals surface area contributed by atoms with E-state index in [0.29, 0.717) is 32.5 Å². The molecule has 9 heteroatoms. The molecule has 0 radical (unpaired) electrons. The fraction of sp³-hybridized carbons (Fsp3) is 0.550. The molecule has 3 amide bonds. The lowest BCUT2D eigenvalue weighted by atomic mass is 10.0. The second-order valence-corrected chi connectivity index (χ2v) is 6.98. The molecule has 0 bridgehead atoms. The summed E-state index contributed by atoms with van der Waals surface area (Å²) in [6.45, 7) is 3.41. The topological polar surface area (TPSA) is 97.4 Å². The monoisotopic (exact) mass is 405 g/mol. The molecule has 0 aliphatic carbocycles. The lowest BCUT2D eigenvalue weighted by Crippen LogP contribution is -2.53. The SMILES string of the molecule is CCOC(=O)[C@@H]1COC(=O)N1C1CCN(C(=O)NCc2ccc(OC)cc2)CC1. The first-order valence-electron chi connectivity index (χ1n) is 9.81. The summed E-state index contributed by atoms with van der Waals surface area (Å²) in [5, 5.41) is 2.91. The summed E-state index contributed by atoms with van der Waals surface area (Å²) < 4.78 is 15.2. The van der Waals surface area contributed by atoms with Crippen molar-refractivity contribution in [2.24, 2.45) is 0 Å². The van der Waals surface area contributed by atoms with Gasteiger partial charge in [-0.05, 0) is 37.5 Å². The number of benzene rings is 1. The molecule has 0 spiro atoms. The average molecular weight is 405 g/mol. The first-order valence-corrected chi connectivity index (χ1v) is 9.81. The minimum atomic E-state index is -0.706. The molecule has 2 heterocycles. The normalized spacial score (nSPS) is 19.7. The molecule has 158 valence electrons. The Bertz CT molecular complexity index is 730. The van der Waals surface area contributed by atoms with E-state index in [1.54, 1.807) is 18.9 Å². The number of cyclic esters (lactones) is 1. The number of amides is 3. The summed E-state index contributed by atoms with van der Waals surface area (Å²) in [4.78, 5) is 39.9. The Hall–Kier alpha value is -2.97. The van der Waals surface area contributed by atoms with Crippen molar-refractivity contribution in [1.29, 1.82) is 0 Å². The Morgan fingerprint density at radius 1 is 1.21 bits per heavy atom. The molecule has 1 atom stereocenters. The van der Waals surface area contributed by atoms with Gasteiger partial charge in [-0.1, -0.05) is 12.1 Å². The Kier molecular flexibility index (Phi) is 6.79. The summed E-state index contributed by atoms with van der Waals surface area (Å²) in [5.41, 5.74) is 0.978. The molecule has 29 heavy (non-hydrogen) atoms. The minimum Gasteiger partial charge on any atom is -0.497 e. The maximum Gasteiger partial charge on any atom is 0.410 e. The van der Waals surface area contributed by atoms with Crippen LogP contribution in [0.1, 0.15) is 25.3 Å². The fourth-order valence-electron chi connectivity index (χ4n) is 3.64. The first kappa shape index (κ1) is 20.8. The molecule has 3 rings (SSSR count). The highest BCUT2D eigenvalue weighted by Crippen LogP contribution is 2.24. The van der Waals surface area contributed by atoms with E-state index in [4.69, 9.17) is 14.2 Å². The molecule has 2 saturated heterocycles. The van der Waals surface area contributed by atoms with E-state index in [9.17, 15) is 14.4 Å². The summed E-state index contributed by atoms with van der Waals surface area (Å²) in [6, 6.07) is 6.50. The van der Waals surface area contributed by atoms with Crippen LogP contribution in [-0.4, -0.2) is 73.4 Å². The van der Waals surface area contributed by atoms with Crippen molar-refractivity contribution in [2.75, 3.05) is 33.4 Å². The summed E-state index contributed by atoms with van der Waals surface area (Å²) in [5.74, 6) is 0.321. The van der Waals surface area contributed by atoms with Crippen LogP contribution < -0.4 is 10.1 Å². The van der Waals surface area contributed by atoms with Gasteiger partial charge in [-0.25, -0.2) is 14.4 Å². The van der Waals surface area contributed by atoms with Gasteiger partial charge in [0.25, 0.3) is 0 Å². The van der Waals surface area contributed by atoms with E-state index >= 15 is 0 Å². The zero-order valence-corrected chi connectivity index (χ0v) is 16.8. The van der Waals surface area contributed by atoms with Gasteiger partial charge in [0.2, 0.25) is 0 Å². The van der Waals surface area contributed by atoms with Gasteiger partial charge in [-0.3, -0.25) is 4.90 Å². The lowest BCUT2D eigenvalue weighted by Gasteiger charge is -2.37. The second-order valence-electron chi connectivity index (χ2n) is 6.98. The Balaban J connectivity index is 1.49. The number of urea groups is 1. The third-order valence-corrected chi connectivity index (χ3v) is 5.22. The number of rotatable bonds is 6. The van der Waals surface area contributed by atoms with Crippen molar-refractivity contribution in [2.45, 2.75) is 38.4 Å². The van der Waals surface area contributed by atoms with Gasteiger partial charge in [-0.15, -0.1) is 0 Å². The van der Waals surface area contributed by atoms with Crippen LogP contribution in [0.2, 0.25) is 0 Å². The van der Waals surface area contributed by atoms with E-state index in [-0.39, 0.29) is 25.3 Å². The second kappa shape index (κ2) is 9.49. The predicted octanol–water partition coefficient (Wildman–Crippen LogP) is 1.75. The zero-order chi connectivity index (χ0) is 20.8. The van der Waals surface area contributed by atoms with E-state index in [2.05, 4.69) is 5.32 Å². The van der Waals surface area contributed by atoms with Gasteiger partial charge >= 0.3 is 18.1 Å². The van der Waals surface area contributed by atoms with Crippen molar-refractivity contribution in [3.05, 3.63) is 29.8 Å². The highest BCUT2D eigenvalue weighted by atomic mass is 16.6. The Morgan fingerprint density at radius 2 is 1.90 bits per heavy atom. The third kappa shape index (κ3) is 4.90. The molecule has 2 fully saturated rings. The van der Waals surface area contributed by atoms with E-state index in [0.717, 1.165) is 11.3 Å². The number of esters is 1. The number of ether oxygens (including phenoxy) is 3. The highest BCUT2D eigenvalue weighted by Gasteiger charge is 2.44. The number of likely N-dealkylation sites (tertiary alicyclic amines) is 1. The molecule has 2 aliphatic rings. The van der Waals surface area contributed by atoms with E-state index in [1.165, 1.54) is 4.90 Å². The van der Waals surface area contributed by atoms with Gasteiger partial charge in [-0.2, -0.15) is 0 Å². The van der Waals surface area contributed by atoms with Gasteiger partial charge in [0.05, 0.1) is 13.7 Å². The molecule has 1 N–H and O–H groups in total. The number of methoxy groups -OCH3 is 1. The summed E-state index contributed by atoms with van der Waals surface area (Å²) in [7, 11) is 1.61. The minimum absolute atomic E-state index is 0.0141. The number of nitrogens with one attached hydrogen (secondary N) is 1. The van der Waals surface area contributed by atoms with Gasteiger partial charge < -0.3 is 24.4 Å². The quantitative estimate of drug-likeness (QED) is 0.725. The van der Waals surface area contributed by atoms with Crippen LogP contribution in [-0.2, 0) is 20.8 Å². The molecule has 9 nitrogen and oxygen atoms in total. The Morgan fingerprint density at radius 3 is 2.52 bits per heavy atom. The molecule has 0 saturated carbocycles. The number of carbonyl (C=O) groups excluding carboxylic acids is 3. The largest absolute Gasteiger partial charge is 0.497 e. The van der Waals surface area contributed by atoms with Gasteiger partial charge in [0.1, 0.15) is 12.4 Å². The average Bonchev–Trinajstić information content (AvgIpc) is 3.14. The van der Waals surface area contributed by atoms with Crippen molar-refractivity contribution in [1.82, 2.24) is 15.1 Å². The number of hydrogen-bond donors (Lipinski definition) is 1. The van der Waals surface area contributed by atoms with Crippen molar-refractivity contribution < 1.29 is 28.6 Å². The zero-order valence-electron chi connectivity index (χ0n) is 16.8. The fourth-order valence-corrected chi connectivity index (χ4v) is 3.64. The standard InChI is InChI=1S/C20H27N3O6/c1-3-28-18(24)17-13-29-20(26)23(17)15-8-10-22(11-9-15)19(25)21-12-14-4-6-16(27-2)7-5-14/h4-7,15,17H,3,8-13H2,1-2H3,(H,21,25)/t17-/m0/s1. The summed E-state index contributed by atoms with van der Waals surface area (Å²) >= 11 is 0. The molecule has 1 aromatic rings. The van der Waals surface area contributed by atoms with E-state index in [1.807, 2.05) is 24.3 Å². The molecule has 2 aliphatic heterocycles. The van der Waals surface area contributed by atoms with E-state index < -0.39 is 18.1 Å². The Labute approximate surface area is 169 Å². The smallest absolute Gasteiger partial charge is 0.410 e. The van der Waals surface area contributed by atoms with Crippen LogP contribution in [0.3, 0.4) is 0 Å². The summed E-state index contributed by atoms with van der Waals surface area (Å²) in [6.07, 6.45) is 0.674. The number of piperidine rings is 1. The van der Waals surface area contributed by atoms with Crippen molar-refractivity contribution in [3.63, 3.8) is 0 Å². The lowest BCUT2D eigenvalue weighted by molar-refractivity contribution is -0.148. The molecular weight excluding hydrogens is 378 g/mol. The highest BCUT2D eigenvalue weighted by molar-refractivity contribution is 5.84. The van der Waals surface area contributed by atoms with Gasteiger partial charge in [0, 0.05) is 25.7 Å². The predicted molar refractivity (Wildman–Crippen MR) is 103 cm³/mol. The maximum absolute atomic E-state index is 12.5. The van der Waals surface area contributed by atoms with Crippen molar-refractivity contribution >= 4 is 18.1 Å². The molecule has 1 aromatic carbocycles.